The van der Waals surface area contributed by atoms with E-state index in [4.69, 9.17) is 16.3 Å². The number of nitrogens with zero attached hydrogens (tertiary/aromatic N) is 1. The van der Waals surface area contributed by atoms with E-state index in [0.717, 1.165) is 31.5 Å². The van der Waals surface area contributed by atoms with Crippen LogP contribution < -0.4 is 10.1 Å². The second kappa shape index (κ2) is 7.84. The van der Waals surface area contributed by atoms with Crippen molar-refractivity contribution in [2.45, 2.75) is 45.7 Å². The molecule has 1 fully saturated rings. The van der Waals surface area contributed by atoms with Gasteiger partial charge in [0.2, 0.25) is 0 Å². The SMILES string of the molecule is Cc1ccc(Cl)c(OCC(=O)NC2CCN(C(C)C)CC2)c1. The number of aryl methyl sites for hydroxylation is 1. The van der Waals surface area contributed by atoms with Gasteiger partial charge >= 0.3 is 0 Å². The normalized spacial score (nSPS) is 16.8. The fourth-order valence-corrected chi connectivity index (χ4v) is 2.87. The lowest BCUT2D eigenvalue weighted by Gasteiger charge is -2.34. The van der Waals surface area contributed by atoms with Crippen molar-refractivity contribution in [1.29, 1.82) is 0 Å². The molecule has 0 bridgehead atoms. The van der Waals surface area contributed by atoms with E-state index >= 15 is 0 Å². The molecule has 0 spiro atoms. The average Bonchev–Trinajstić information content (AvgIpc) is 2.49. The van der Waals surface area contributed by atoms with E-state index in [-0.39, 0.29) is 18.6 Å². The third kappa shape index (κ3) is 4.89. The molecule has 4 nitrogen and oxygen atoms in total. The lowest BCUT2D eigenvalue weighted by atomic mass is 10.0. The maximum atomic E-state index is 12.0. The Balaban J connectivity index is 1.76. The molecule has 1 aliphatic heterocycles. The van der Waals surface area contributed by atoms with Gasteiger partial charge in [-0.05, 0) is 51.3 Å². The van der Waals surface area contributed by atoms with E-state index in [9.17, 15) is 4.79 Å². The standard InChI is InChI=1S/C17H25ClN2O2/c1-12(2)20-8-6-14(7-9-20)19-17(21)11-22-16-10-13(3)4-5-15(16)18/h4-5,10,12,14H,6-9,11H2,1-3H3,(H,19,21). The minimum absolute atomic E-state index is 0.00751. The van der Waals surface area contributed by atoms with Crippen LogP contribution in [0.25, 0.3) is 0 Å². The summed E-state index contributed by atoms with van der Waals surface area (Å²) in [6.45, 7) is 8.45. The summed E-state index contributed by atoms with van der Waals surface area (Å²) in [6, 6.07) is 6.36. The van der Waals surface area contributed by atoms with Gasteiger partial charge in [-0.15, -0.1) is 0 Å². The number of rotatable bonds is 5. The molecule has 1 N–H and O–H groups in total. The third-order valence-electron chi connectivity index (χ3n) is 4.07. The number of piperidine rings is 1. The summed E-state index contributed by atoms with van der Waals surface area (Å²) in [4.78, 5) is 14.4. The number of benzene rings is 1. The molecular formula is C17H25ClN2O2. The fraction of sp³-hybridized carbons (Fsp3) is 0.588. The van der Waals surface area contributed by atoms with Crippen LogP contribution in [0, 0.1) is 6.92 Å². The summed E-state index contributed by atoms with van der Waals surface area (Å²) in [5.41, 5.74) is 1.06. The Hall–Kier alpha value is -1.26. The lowest BCUT2D eigenvalue weighted by molar-refractivity contribution is -0.124. The summed E-state index contributed by atoms with van der Waals surface area (Å²) in [6.07, 6.45) is 1.99. The van der Waals surface area contributed by atoms with Crippen molar-refractivity contribution in [3.05, 3.63) is 28.8 Å². The number of amides is 1. The van der Waals surface area contributed by atoms with Gasteiger partial charge in [0.05, 0.1) is 5.02 Å². The zero-order valence-corrected chi connectivity index (χ0v) is 14.3. The van der Waals surface area contributed by atoms with Gasteiger partial charge in [0.15, 0.2) is 6.61 Å². The van der Waals surface area contributed by atoms with E-state index in [1.54, 1.807) is 6.07 Å². The Bertz CT molecular complexity index is 511. The summed E-state index contributed by atoms with van der Waals surface area (Å²) in [5.74, 6) is 0.479. The van der Waals surface area contributed by atoms with Gasteiger partial charge in [-0.1, -0.05) is 17.7 Å². The van der Waals surface area contributed by atoms with Crippen LogP contribution in [0.2, 0.25) is 5.02 Å². The molecule has 0 saturated carbocycles. The number of halogens is 1. The molecule has 1 aromatic carbocycles. The second-order valence-corrected chi connectivity index (χ2v) is 6.60. The molecule has 0 unspecified atom stereocenters. The number of carbonyl (C=O) groups excluding carboxylic acids is 1. The topological polar surface area (TPSA) is 41.6 Å². The largest absolute Gasteiger partial charge is 0.482 e. The van der Waals surface area contributed by atoms with Crippen molar-refractivity contribution >= 4 is 17.5 Å². The molecule has 2 rings (SSSR count). The number of ether oxygens (including phenoxy) is 1. The van der Waals surface area contributed by atoms with Crippen molar-refractivity contribution < 1.29 is 9.53 Å². The molecule has 1 heterocycles. The van der Waals surface area contributed by atoms with Crippen molar-refractivity contribution in [3.63, 3.8) is 0 Å². The Kier molecular flexibility index (Phi) is 6.09. The molecule has 1 amide bonds. The van der Waals surface area contributed by atoms with Crippen molar-refractivity contribution in [2.24, 2.45) is 0 Å². The summed E-state index contributed by atoms with van der Waals surface area (Å²) < 4.78 is 5.53. The van der Waals surface area contributed by atoms with Crippen molar-refractivity contribution in [1.82, 2.24) is 10.2 Å². The number of hydrogen-bond donors (Lipinski definition) is 1. The molecule has 22 heavy (non-hydrogen) atoms. The Labute approximate surface area is 137 Å². The highest BCUT2D eigenvalue weighted by Crippen LogP contribution is 2.25. The first-order valence-corrected chi connectivity index (χ1v) is 8.26. The lowest BCUT2D eigenvalue weighted by Crippen LogP contribution is -2.47. The van der Waals surface area contributed by atoms with Gasteiger partial charge in [-0.3, -0.25) is 4.79 Å². The maximum absolute atomic E-state index is 12.0. The molecular weight excluding hydrogens is 300 g/mol. The molecule has 0 atom stereocenters. The molecule has 0 aliphatic carbocycles. The Morgan fingerprint density at radius 1 is 1.41 bits per heavy atom. The summed E-state index contributed by atoms with van der Waals surface area (Å²) in [7, 11) is 0. The van der Waals surface area contributed by atoms with Crippen LogP contribution in [0.3, 0.4) is 0 Å². The highest BCUT2D eigenvalue weighted by atomic mass is 35.5. The first-order valence-electron chi connectivity index (χ1n) is 7.88. The summed E-state index contributed by atoms with van der Waals surface area (Å²) >= 11 is 6.05. The van der Waals surface area contributed by atoms with E-state index < -0.39 is 0 Å². The first kappa shape index (κ1) is 17.1. The van der Waals surface area contributed by atoms with E-state index in [1.165, 1.54) is 0 Å². The second-order valence-electron chi connectivity index (χ2n) is 6.19. The predicted molar refractivity (Wildman–Crippen MR) is 89.6 cm³/mol. The van der Waals surface area contributed by atoms with Gasteiger partial charge in [0.25, 0.3) is 5.91 Å². The maximum Gasteiger partial charge on any atom is 0.258 e. The Morgan fingerprint density at radius 2 is 2.09 bits per heavy atom. The van der Waals surface area contributed by atoms with Crippen LogP contribution in [0.1, 0.15) is 32.3 Å². The molecule has 1 saturated heterocycles. The highest BCUT2D eigenvalue weighted by Gasteiger charge is 2.22. The van der Waals surface area contributed by atoms with Crippen molar-refractivity contribution in [3.8, 4) is 5.75 Å². The number of hydrogen-bond acceptors (Lipinski definition) is 3. The average molecular weight is 325 g/mol. The zero-order chi connectivity index (χ0) is 16.1. The monoisotopic (exact) mass is 324 g/mol. The van der Waals surface area contributed by atoms with E-state index in [2.05, 4.69) is 24.1 Å². The minimum Gasteiger partial charge on any atom is -0.482 e. The van der Waals surface area contributed by atoms with Crippen LogP contribution in [-0.4, -0.2) is 42.6 Å². The molecule has 1 aliphatic rings. The molecule has 5 heteroatoms. The van der Waals surface area contributed by atoms with Gasteiger partial charge in [0.1, 0.15) is 5.75 Å². The molecule has 0 radical (unpaired) electrons. The van der Waals surface area contributed by atoms with Gasteiger partial charge in [-0.2, -0.15) is 0 Å². The van der Waals surface area contributed by atoms with Crippen LogP contribution >= 0.6 is 11.6 Å². The van der Waals surface area contributed by atoms with Crippen LogP contribution in [-0.2, 0) is 4.79 Å². The number of likely N-dealkylation sites (tertiary alicyclic amines) is 1. The van der Waals surface area contributed by atoms with Crippen LogP contribution in [0.4, 0.5) is 0 Å². The van der Waals surface area contributed by atoms with Crippen LogP contribution in [0.15, 0.2) is 18.2 Å². The quantitative estimate of drug-likeness (QED) is 0.905. The fourth-order valence-electron chi connectivity index (χ4n) is 2.69. The van der Waals surface area contributed by atoms with Gasteiger partial charge in [0, 0.05) is 25.2 Å². The molecule has 1 aromatic rings. The minimum atomic E-state index is -0.0828. The van der Waals surface area contributed by atoms with Crippen LogP contribution in [0.5, 0.6) is 5.75 Å². The molecule has 122 valence electrons. The van der Waals surface area contributed by atoms with Gasteiger partial charge < -0.3 is 15.0 Å². The highest BCUT2D eigenvalue weighted by molar-refractivity contribution is 6.32. The molecule has 0 aromatic heterocycles. The number of carbonyl (C=O) groups is 1. The summed E-state index contributed by atoms with van der Waals surface area (Å²) in [5, 5.41) is 3.58. The van der Waals surface area contributed by atoms with Crippen molar-refractivity contribution in [2.75, 3.05) is 19.7 Å². The van der Waals surface area contributed by atoms with Gasteiger partial charge in [-0.25, -0.2) is 0 Å². The smallest absolute Gasteiger partial charge is 0.258 e. The first-order chi connectivity index (χ1) is 10.5. The third-order valence-corrected chi connectivity index (χ3v) is 4.38. The zero-order valence-electron chi connectivity index (χ0n) is 13.6. The Morgan fingerprint density at radius 3 is 2.73 bits per heavy atom. The number of nitrogens with one attached hydrogen (secondary N) is 1. The van der Waals surface area contributed by atoms with E-state index in [1.807, 2.05) is 19.1 Å². The van der Waals surface area contributed by atoms with E-state index in [0.29, 0.717) is 16.8 Å². The predicted octanol–water partition coefficient (Wildman–Crippen LogP) is 3.02.